The quantitative estimate of drug-likeness (QED) is 0.708. The van der Waals surface area contributed by atoms with Gasteiger partial charge in [0.05, 0.1) is 13.2 Å². The molecule has 0 N–H and O–H groups in total. The van der Waals surface area contributed by atoms with Crippen LogP contribution in [0.1, 0.15) is 37.0 Å². The van der Waals surface area contributed by atoms with Gasteiger partial charge < -0.3 is 14.2 Å². The van der Waals surface area contributed by atoms with Gasteiger partial charge in [-0.3, -0.25) is 9.69 Å². The zero-order chi connectivity index (χ0) is 19.1. The number of hydrogen-bond donors (Lipinski definition) is 0. The smallest absolute Gasteiger partial charge is 0.240 e. The van der Waals surface area contributed by atoms with E-state index < -0.39 is 0 Å². The van der Waals surface area contributed by atoms with Crippen molar-refractivity contribution in [2.75, 3.05) is 26.8 Å². The van der Waals surface area contributed by atoms with E-state index in [4.69, 9.17) is 9.26 Å². The number of nitrogens with zero attached hydrogens (tertiary/aromatic N) is 4. The SMILES string of the molecule is CCC1CN(Cc2nc(CCOC)no2)CCC(=O)N1Cc1ccccc1. The van der Waals surface area contributed by atoms with Crippen molar-refractivity contribution in [2.45, 2.75) is 45.3 Å². The molecule has 1 aliphatic rings. The minimum absolute atomic E-state index is 0.177. The summed E-state index contributed by atoms with van der Waals surface area (Å²) in [7, 11) is 1.65. The molecule has 1 saturated heterocycles. The van der Waals surface area contributed by atoms with Crippen LogP contribution in [-0.4, -0.2) is 58.7 Å². The molecule has 0 radical (unpaired) electrons. The molecular formula is C20H28N4O3. The summed E-state index contributed by atoms with van der Waals surface area (Å²) in [5.74, 6) is 1.47. The van der Waals surface area contributed by atoms with Crippen molar-refractivity contribution in [2.24, 2.45) is 0 Å². The monoisotopic (exact) mass is 372 g/mol. The van der Waals surface area contributed by atoms with Crippen LogP contribution >= 0.6 is 0 Å². The molecule has 0 saturated carbocycles. The Bertz CT molecular complexity index is 719. The lowest BCUT2D eigenvalue weighted by Crippen LogP contribution is -2.42. The van der Waals surface area contributed by atoms with Crippen molar-refractivity contribution in [3.05, 3.63) is 47.6 Å². The highest BCUT2D eigenvalue weighted by Gasteiger charge is 2.29. The molecule has 7 nitrogen and oxygen atoms in total. The Morgan fingerprint density at radius 3 is 2.81 bits per heavy atom. The van der Waals surface area contributed by atoms with Gasteiger partial charge >= 0.3 is 0 Å². The number of carbonyl (C=O) groups excluding carboxylic acids is 1. The molecule has 1 aromatic heterocycles. The molecule has 1 aromatic carbocycles. The molecule has 27 heavy (non-hydrogen) atoms. The van der Waals surface area contributed by atoms with Crippen molar-refractivity contribution in [3.8, 4) is 0 Å². The van der Waals surface area contributed by atoms with Crippen molar-refractivity contribution in [3.63, 3.8) is 0 Å². The average molecular weight is 372 g/mol. The third-order valence-corrected chi connectivity index (χ3v) is 4.94. The average Bonchev–Trinajstić information content (AvgIpc) is 3.08. The van der Waals surface area contributed by atoms with Crippen LogP contribution in [0.15, 0.2) is 34.9 Å². The summed E-state index contributed by atoms with van der Waals surface area (Å²) >= 11 is 0. The number of rotatable bonds is 8. The molecule has 3 rings (SSSR count). The second-order valence-corrected chi connectivity index (χ2v) is 6.90. The maximum Gasteiger partial charge on any atom is 0.240 e. The van der Waals surface area contributed by atoms with Crippen LogP contribution in [0.4, 0.5) is 0 Å². The van der Waals surface area contributed by atoms with Crippen LogP contribution < -0.4 is 0 Å². The Morgan fingerprint density at radius 1 is 1.26 bits per heavy atom. The highest BCUT2D eigenvalue weighted by Crippen LogP contribution is 2.19. The van der Waals surface area contributed by atoms with Crippen LogP contribution in [0, 0.1) is 0 Å². The number of benzene rings is 1. The molecule has 0 bridgehead atoms. The van der Waals surface area contributed by atoms with E-state index >= 15 is 0 Å². The van der Waals surface area contributed by atoms with E-state index in [1.165, 1.54) is 0 Å². The lowest BCUT2D eigenvalue weighted by atomic mass is 10.1. The summed E-state index contributed by atoms with van der Waals surface area (Å²) < 4.78 is 10.4. The van der Waals surface area contributed by atoms with Gasteiger partial charge in [0.2, 0.25) is 11.8 Å². The molecule has 1 fully saturated rings. The number of carbonyl (C=O) groups is 1. The largest absolute Gasteiger partial charge is 0.384 e. The van der Waals surface area contributed by atoms with E-state index in [2.05, 4.69) is 34.1 Å². The van der Waals surface area contributed by atoms with Crippen LogP contribution in [0.3, 0.4) is 0 Å². The number of amides is 1. The third-order valence-electron chi connectivity index (χ3n) is 4.94. The summed E-state index contributed by atoms with van der Waals surface area (Å²) in [6.07, 6.45) is 2.06. The summed E-state index contributed by atoms with van der Waals surface area (Å²) in [6.45, 7) is 5.45. The highest BCUT2D eigenvalue weighted by atomic mass is 16.5. The Balaban J connectivity index is 1.64. The molecule has 0 aliphatic carbocycles. The zero-order valence-electron chi connectivity index (χ0n) is 16.1. The van der Waals surface area contributed by atoms with Crippen molar-refractivity contribution in [1.29, 1.82) is 0 Å². The van der Waals surface area contributed by atoms with Gasteiger partial charge in [-0.2, -0.15) is 4.98 Å². The first kappa shape index (κ1) is 19.5. The predicted molar refractivity (Wildman–Crippen MR) is 101 cm³/mol. The first-order chi connectivity index (χ1) is 13.2. The van der Waals surface area contributed by atoms with Gasteiger partial charge in [0.25, 0.3) is 0 Å². The summed E-state index contributed by atoms with van der Waals surface area (Å²) in [4.78, 5) is 21.4. The molecule has 7 heteroatoms. The lowest BCUT2D eigenvalue weighted by Gasteiger charge is -2.31. The fourth-order valence-corrected chi connectivity index (χ4v) is 3.42. The van der Waals surface area contributed by atoms with Gasteiger partial charge in [-0.05, 0) is 12.0 Å². The predicted octanol–water partition coefficient (Wildman–Crippen LogP) is 2.27. The topological polar surface area (TPSA) is 71.7 Å². The molecule has 146 valence electrons. The van der Waals surface area contributed by atoms with E-state index in [1.807, 2.05) is 23.1 Å². The van der Waals surface area contributed by atoms with E-state index in [9.17, 15) is 4.79 Å². The molecule has 1 aliphatic heterocycles. The molecule has 0 spiro atoms. The molecule has 2 heterocycles. The molecule has 1 amide bonds. The van der Waals surface area contributed by atoms with Crippen LogP contribution in [0.25, 0.3) is 0 Å². The Kier molecular flexibility index (Phi) is 6.95. The van der Waals surface area contributed by atoms with Gasteiger partial charge in [0.15, 0.2) is 5.82 Å². The van der Waals surface area contributed by atoms with Gasteiger partial charge in [-0.25, -0.2) is 0 Å². The van der Waals surface area contributed by atoms with Crippen LogP contribution in [0.5, 0.6) is 0 Å². The standard InChI is InChI=1S/C20H28N4O3/c1-3-17-14-23(15-19-21-18(22-27-19)10-12-26-2)11-9-20(25)24(17)13-16-7-5-4-6-8-16/h4-8,17H,3,9-15H2,1-2H3. The highest BCUT2D eigenvalue weighted by molar-refractivity contribution is 5.77. The van der Waals surface area contributed by atoms with Gasteiger partial charge in [0, 0.05) is 45.6 Å². The van der Waals surface area contributed by atoms with E-state index in [0.717, 1.165) is 18.5 Å². The zero-order valence-corrected chi connectivity index (χ0v) is 16.1. The number of aromatic nitrogens is 2. The second-order valence-electron chi connectivity index (χ2n) is 6.90. The van der Waals surface area contributed by atoms with E-state index in [1.54, 1.807) is 7.11 Å². The van der Waals surface area contributed by atoms with Gasteiger partial charge in [-0.15, -0.1) is 0 Å². The normalized spacial score (nSPS) is 18.7. The number of ether oxygens (including phenoxy) is 1. The molecule has 1 unspecified atom stereocenters. The Morgan fingerprint density at radius 2 is 2.07 bits per heavy atom. The fourth-order valence-electron chi connectivity index (χ4n) is 3.42. The second kappa shape index (κ2) is 9.62. The lowest BCUT2D eigenvalue weighted by molar-refractivity contribution is -0.133. The van der Waals surface area contributed by atoms with Crippen molar-refractivity contribution in [1.82, 2.24) is 19.9 Å². The molecule has 2 aromatic rings. The Labute approximate surface area is 160 Å². The van der Waals surface area contributed by atoms with Crippen molar-refractivity contribution >= 4 is 5.91 Å². The minimum Gasteiger partial charge on any atom is -0.384 e. The maximum absolute atomic E-state index is 12.7. The van der Waals surface area contributed by atoms with E-state index in [0.29, 0.717) is 50.8 Å². The maximum atomic E-state index is 12.7. The van der Waals surface area contributed by atoms with Gasteiger partial charge in [-0.1, -0.05) is 42.4 Å². The first-order valence-electron chi connectivity index (χ1n) is 9.55. The van der Waals surface area contributed by atoms with Gasteiger partial charge in [0.1, 0.15) is 0 Å². The first-order valence-corrected chi connectivity index (χ1v) is 9.55. The molecular weight excluding hydrogens is 344 g/mol. The number of hydrogen-bond acceptors (Lipinski definition) is 6. The van der Waals surface area contributed by atoms with Crippen molar-refractivity contribution < 1.29 is 14.1 Å². The minimum atomic E-state index is 0.177. The summed E-state index contributed by atoms with van der Waals surface area (Å²) in [5.41, 5.74) is 1.16. The molecule has 1 atom stereocenters. The van der Waals surface area contributed by atoms with Crippen LogP contribution in [0.2, 0.25) is 0 Å². The van der Waals surface area contributed by atoms with Crippen LogP contribution in [-0.2, 0) is 29.0 Å². The summed E-state index contributed by atoms with van der Waals surface area (Å²) in [5, 5.41) is 4.00. The Hall–Kier alpha value is -2.25. The summed E-state index contributed by atoms with van der Waals surface area (Å²) in [6, 6.07) is 10.4. The third kappa shape index (κ3) is 5.37. The number of methoxy groups -OCH3 is 1. The fraction of sp³-hybridized carbons (Fsp3) is 0.550. The van der Waals surface area contributed by atoms with E-state index in [-0.39, 0.29) is 11.9 Å².